The van der Waals surface area contributed by atoms with Crippen LogP contribution in [0.15, 0.2) is 22.7 Å². The monoisotopic (exact) mass is 300 g/mol. The normalized spacial score (nSPS) is 11.1. The second-order valence-corrected chi connectivity index (χ2v) is 5.19. The molecular formula is C13H21BrN2O. The average Bonchev–Trinajstić information content (AvgIpc) is 2.30. The van der Waals surface area contributed by atoms with Crippen molar-refractivity contribution in [1.29, 1.82) is 0 Å². The predicted molar refractivity (Wildman–Crippen MR) is 74.9 cm³/mol. The number of nitrogens with two attached hydrogens (primary N) is 1. The molecule has 2 N–H and O–H groups in total. The van der Waals surface area contributed by atoms with Gasteiger partial charge in [0.15, 0.2) is 0 Å². The minimum Gasteiger partial charge on any atom is -0.377 e. The first kappa shape index (κ1) is 14.6. The Morgan fingerprint density at radius 1 is 1.35 bits per heavy atom. The molecule has 4 heteroatoms. The maximum atomic E-state index is 5.64. The molecular weight excluding hydrogens is 280 g/mol. The molecule has 0 unspecified atom stereocenters. The van der Waals surface area contributed by atoms with E-state index >= 15 is 0 Å². The van der Waals surface area contributed by atoms with Crippen LogP contribution in [0.5, 0.6) is 0 Å². The highest BCUT2D eigenvalue weighted by atomic mass is 79.9. The third-order valence-corrected chi connectivity index (χ3v) is 3.24. The standard InChI is InChI=1S/C13H21BrN2O/c1-16(2)6-3-7-17-10-12-5-4-11(9-15)8-13(12)14/h4-5,8H,3,6-7,9-10,15H2,1-2H3. The number of halogens is 1. The zero-order valence-corrected chi connectivity index (χ0v) is 12.2. The Morgan fingerprint density at radius 2 is 2.12 bits per heavy atom. The third-order valence-electron chi connectivity index (χ3n) is 2.50. The van der Waals surface area contributed by atoms with Gasteiger partial charge in [-0.05, 0) is 44.3 Å². The van der Waals surface area contributed by atoms with E-state index in [1.807, 2.05) is 6.07 Å². The van der Waals surface area contributed by atoms with E-state index in [0.29, 0.717) is 13.2 Å². The fraction of sp³-hybridized carbons (Fsp3) is 0.538. The summed E-state index contributed by atoms with van der Waals surface area (Å²) in [5, 5.41) is 0. The van der Waals surface area contributed by atoms with Gasteiger partial charge in [-0.15, -0.1) is 0 Å². The van der Waals surface area contributed by atoms with Crippen molar-refractivity contribution in [3.63, 3.8) is 0 Å². The van der Waals surface area contributed by atoms with Crippen LogP contribution in [0.2, 0.25) is 0 Å². The second kappa shape index (κ2) is 7.82. The molecule has 0 amide bonds. The Balaban J connectivity index is 2.32. The molecule has 0 heterocycles. The van der Waals surface area contributed by atoms with E-state index in [1.54, 1.807) is 0 Å². The first-order chi connectivity index (χ1) is 8.13. The summed E-state index contributed by atoms with van der Waals surface area (Å²) < 4.78 is 6.71. The highest BCUT2D eigenvalue weighted by Gasteiger charge is 2.01. The molecule has 1 aromatic rings. The maximum Gasteiger partial charge on any atom is 0.0727 e. The van der Waals surface area contributed by atoms with Gasteiger partial charge >= 0.3 is 0 Å². The van der Waals surface area contributed by atoms with Crippen molar-refractivity contribution in [2.75, 3.05) is 27.2 Å². The summed E-state index contributed by atoms with van der Waals surface area (Å²) in [5.41, 5.74) is 7.89. The van der Waals surface area contributed by atoms with Gasteiger partial charge in [-0.25, -0.2) is 0 Å². The highest BCUT2D eigenvalue weighted by molar-refractivity contribution is 9.10. The predicted octanol–water partition coefficient (Wildman–Crippen LogP) is 2.38. The van der Waals surface area contributed by atoms with E-state index in [1.165, 1.54) is 5.56 Å². The van der Waals surface area contributed by atoms with Crippen LogP contribution >= 0.6 is 15.9 Å². The molecule has 0 spiro atoms. The number of hydrogen-bond acceptors (Lipinski definition) is 3. The van der Waals surface area contributed by atoms with Crippen molar-refractivity contribution in [3.8, 4) is 0 Å². The van der Waals surface area contributed by atoms with Gasteiger partial charge in [-0.1, -0.05) is 28.1 Å². The molecule has 1 rings (SSSR count). The molecule has 0 aliphatic heterocycles. The molecule has 0 bridgehead atoms. The van der Waals surface area contributed by atoms with Gasteiger partial charge in [0.1, 0.15) is 0 Å². The molecule has 0 aliphatic carbocycles. The van der Waals surface area contributed by atoms with E-state index in [4.69, 9.17) is 10.5 Å². The molecule has 0 fully saturated rings. The zero-order valence-electron chi connectivity index (χ0n) is 10.6. The van der Waals surface area contributed by atoms with E-state index in [-0.39, 0.29) is 0 Å². The number of nitrogens with zero attached hydrogens (tertiary/aromatic N) is 1. The summed E-state index contributed by atoms with van der Waals surface area (Å²) in [6.07, 6.45) is 1.06. The topological polar surface area (TPSA) is 38.5 Å². The molecule has 0 radical (unpaired) electrons. The largest absolute Gasteiger partial charge is 0.377 e. The molecule has 0 aliphatic rings. The van der Waals surface area contributed by atoms with Gasteiger partial charge in [0.05, 0.1) is 6.61 Å². The number of benzene rings is 1. The summed E-state index contributed by atoms with van der Waals surface area (Å²) in [7, 11) is 4.14. The summed E-state index contributed by atoms with van der Waals surface area (Å²) in [5.74, 6) is 0. The van der Waals surface area contributed by atoms with Gasteiger partial charge in [0.25, 0.3) is 0 Å². The molecule has 3 nitrogen and oxygen atoms in total. The van der Waals surface area contributed by atoms with Crippen LogP contribution in [-0.4, -0.2) is 32.1 Å². The highest BCUT2D eigenvalue weighted by Crippen LogP contribution is 2.19. The molecule has 0 saturated heterocycles. The quantitative estimate of drug-likeness (QED) is 0.786. The van der Waals surface area contributed by atoms with Crippen LogP contribution in [-0.2, 0) is 17.9 Å². The fourth-order valence-corrected chi connectivity index (χ4v) is 2.04. The van der Waals surface area contributed by atoms with Crippen molar-refractivity contribution in [2.45, 2.75) is 19.6 Å². The van der Waals surface area contributed by atoms with Gasteiger partial charge in [0.2, 0.25) is 0 Å². The first-order valence-corrected chi connectivity index (χ1v) is 6.62. The summed E-state index contributed by atoms with van der Waals surface area (Å²) in [4.78, 5) is 2.16. The lowest BCUT2D eigenvalue weighted by Gasteiger charge is -2.10. The Labute approximate surface area is 112 Å². The smallest absolute Gasteiger partial charge is 0.0727 e. The van der Waals surface area contributed by atoms with Crippen LogP contribution in [0, 0.1) is 0 Å². The second-order valence-electron chi connectivity index (χ2n) is 4.34. The molecule has 96 valence electrons. The zero-order chi connectivity index (χ0) is 12.7. The van der Waals surface area contributed by atoms with Crippen LogP contribution in [0.25, 0.3) is 0 Å². The SMILES string of the molecule is CN(C)CCCOCc1ccc(CN)cc1Br. The van der Waals surface area contributed by atoms with E-state index in [9.17, 15) is 0 Å². The third kappa shape index (κ3) is 5.64. The van der Waals surface area contributed by atoms with Gasteiger partial charge in [-0.2, -0.15) is 0 Å². The number of ether oxygens (including phenoxy) is 1. The summed E-state index contributed by atoms with van der Waals surface area (Å²) in [6.45, 7) is 3.08. The van der Waals surface area contributed by atoms with Crippen LogP contribution in [0.4, 0.5) is 0 Å². The van der Waals surface area contributed by atoms with Gasteiger partial charge in [0, 0.05) is 17.6 Å². The van der Waals surface area contributed by atoms with Gasteiger partial charge in [-0.3, -0.25) is 0 Å². The maximum absolute atomic E-state index is 5.64. The van der Waals surface area contributed by atoms with Crippen molar-refractivity contribution >= 4 is 15.9 Å². The molecule has 0 saturated carbocycles. The van der Waals surface area contributed by atoms with E-state index in [0.717, 1.165) is 29.6 Å². The van der Waals surface area contributed by atoms with E-state index in [2.05, 4.69) is 47.1 Å². The van der Waals surface area contributed by atoms with Gasteiger partial charge < -0.3 is 15.4 Å². The molecule has 0 aromatic heterocycles. The average molecular weight is 301 g/mol. The van der Waals surface area contributed by atoms with Crippen molar-refractivity contribution in [2.24, 2.45) is 5.73 Å². The van der Waals surface area contributed by atoms with E-state index < -0.39 is 0 Å². The number of rotatable bonds is 7. The molecule has 1 aromatic carbocycles. The lowest BCUT2D eigenvalue weighted by molar-refractivity contribution is 0.113. The minimum atomic E-state index is 0.572. The minimum absolute atomic E-state index is 0.572. The Hall–Kier alpha value is -0.420. The van der Waals surface area contributed by atoms with Crippen LogP contribution in [0.3, 0.4) is 0 Å². The Morgan fingerprint density at radius 3 is 2.71 bits per heavy atom. The Bertz CT molecular complexity index is 342. The molecule has 17 heavy (non-hydrogen) atoms. The van der Waals surface area contributed by atoms with Crippen molar-refractivity contribution < 1.29 is 4.74 Å². The summed E-state index contributed by atoms with van der Waals surface area (Å²) >= 11 is 3.54. The summed E-state index contributed by atoms with van der Waals surface area (Å²) in [6, 6.07) is 6.17. The fourth-order valence-electron chi connectivity index (χ4n) is 1.50. The van der Waals surface area contributed by atoms with Crippen LogP contribution in [0.1, 0.15) is 17.5 Å². The van der Waals surface area contributed by atoms with Crippen LogP contribution < -0.4 is 5.73 Å². The van der Waals surface area contributed by atoms with Crippen molar-refractivity contribution in [1.82, 2.24) is 4.90 Å². The van der Waals surface area contributed by atoms with Crippen molar-refractivity contribution in [3.05, 3.63) is 33.8 Å². The molecule has 0 atom stereocenters. The lowest BCUT2D eigenvalue weighted by atomic mass is 10.1. The Kier molecular flexibility index (Phi) is 6.73. The number of hydrogen-bond donors (Lipinski definition) is 1. The lowest BCUT2D eigenvalue weighted by Crippen LogP contribution is -2.14. The first-order valence-electron chi connectivity index (χ1n) is 5.83.